The summed E-state index contributed by atoms with van der Waals surface area (Å²) in [5, 5.41) is 12.2. The van der Waals surface area contributed by atoms with Crippen LogP contribution >= 0.6 is 11.3 Å². The van der Waals surface area contributed by atoms with E-state index in [0.29, 0.717) is 0 Å². The molecular weight excluding hydrogens is 204 g/mol. The molecule has 0 fully saturated rings. The fourth-order valence-corrected chi connectivity index (χ4v) is 3.52. The van der Waals surface area contributed by atoms with E-state index in [1.165, 1.54) is 10.4 Å². The van der Waals surface area contributed by atoms with E-state index < -0.39 is 0 Å². The lowest BCUT2D eigenvalue weighted by atomic mass is 9.73. The summed E-state index contributed by atoms with van der Waals surface area (Å²) >= 11 is 1.76. The molecule has 0 spiro atoms. The highest BCUT2D eigenvalue weighted by Gasteiger charge is 2.33. The second-order valence-electron chi connectivity index (χ2n) is 5.15. The SMILES string of the molecule is C=CCc1scc2c1CC(C)(C)CC2O. The zero-order chi connectivity index (χ0) is 11.1. The normalized spacial score (nSPS) is 23.5. The predicted molar refractivity (Wildman–Crippen MR) is 65.3 cm³/mol. The van der Waals surface area contributed by atoms with Crippen molar-refractivity contribution in [1.82, 2.24) is 0 Å². The summed E-state index contributed by atoms with van der Waals surface area (Å²) in [7, 11) is 0. The second-order valence-corrected chi connectivity index (χ2v) is 6.11. The molecule has 1 nitrogen and oxygen atoms in total. The topological polar surface area (TPSA) is 20.2 Å². The van der Waals surface area contributed by atoms with Crippen molar-refractivity contribution in [2.24, 2.45) is 5.41 Å². The molecule has 1 aromatic heterocycles. The number of thiophene rings is 1. The van der Waals surface area contributed by atoms with Gasteiger partial charge in [0.05, 0.1) is 6.10 Å². The number of allylic oxidation sites excluding steroid dienone is 1. The smallest absolute Gasteiger partial charge is 0.0806 e. The molecule has 0 aliphatic heterocycles. The van der Waals surface area contributed by atoms with Crippen LogP contribution in [0.3, 0.4) is 0 Å². The zero-order valence-corrected chi connectivity index (χ0v) is 10.2. The van der Waals surface area contributed by atoms with Crippen LogP contribution < -0.4 is 0 Å². The highest BCUT2D eigenvalue weighted by molar-refractivity contribution is 7.10. The van der Waals surface area contributed by atoms with E-state index in [1.54, 1.807) is 11.3 Å². The third kappa shape index (κ3) is 2.01. The summed E-state index contributed by atoms with van der Waals surface area (Å²) in [6.07, 6.45) is 4.58. The molecule has 1 heterocycles. The zero-order valence-electron chi connectivity index (χ0n) is 9.42. The standard InChI is InChI=1S/C13H18OS/c1-4-5-12-9-6-13(2,3)7-11(14)10(9)8-15-12/h4,8,11,14H,1,5-7H2,2-3H3. The second kappa shape index (κ2) is 3.76. The largest absolute Gasteiger partial charge is 0.388 e. The summed E-state index contributed by atoms with van der Waals surface area (Å²) < 4.78 is 0. The van der Waals surface area contributed by atoms with E-state index in [9.17, 15) is 5.11 Å². The molecule has 1 N–H and O–H groups in total. The Labute approximate surface area is 95.5 Å². The van der Waals surface area contributed by atoms with Crippen molar-refractivity contribution in [1.29, 1.82) is 0 Å². The first-order valence-corrected chi connectivity index (χ1v) is 6.29. The summed E-state index contributed by atoms with van der Waals surface area (Å²) in [6, 6.07) is 0. The highest BCUT2D eigenvalue weighted by Crippen LogP contribution is 2.44. The molecule has 0 radical (unpaired) electrons. The van der Waals surface area contributed by atoms with Gasteiger partial charge in [0.25, 0.3) is 0 Å². The third-order valence-corrected chi connectivity index (χ3v) is 4.17. The molecule has 0 aromatic carbocycles. The number of aliphatic hydroxyl groups is 1. The van der Waals surface area contributed by atoms with Crippen LogP contribution in [-0.2, 0) is 12.8 Å². The quantitative estimate of drug-likeness (QED) is 0.760. The van der Waals surface area contributed by atoms with Gasteiger partial charge in [0.2, 0.25) is 0 Å². The van der Waals surface area contributed by atoms with Gasteiger partial charge in [-0.25, -0.2) is 0 Å². The minimum absolute atomic E-state index is 0.226. The molecule has 0 saturated heterocycles. The van der Waals surface area contributed by atoms with Crippen LogP contribution in [0.1, 0.15) is 42.4 Å². The molecule has 1 aliphatic carbocycles. The number of aliphatic hydroxyl groups excluding tert-OH is 1. The molecule has 15 heavy (non-hydrogen) atoms. The first-order valence-electron chi connectivity index (χ1n) is 5.41. The van der Waals surface area contributed by atoms with Crippen LogP contribution in [0.2, 0.25) is 0 Å². The summed E-state index contributed by atoms with van der Waals surface area (Å²) in [6.45, 7) is 8.25. The predicted octanol–water partition coefficient (Wildman–Crippen LogP) is 3.48. The average Bonchev–Trinajstić information content (AvgIpc) is 2.47. The van der Waals surface area contributed by atoms with Crippen molar-refractivity contribution in [3.63, 3.8) is 0 Å². The molecule has 2 rings (SSSR count). The Bertz CT molecular complexity index is 376. The number of fused-ring (bicyclic) bond motifs is 1. The molecule has 82 valence electrons. The molecular formula is C13H18OS. The van der Waals surface area contributed by atoms with Crippen molar-refractivity contribution >= 4 is 11.3 Å². The van der Waals surface area contributed by atoms with Gasteiger partial charge in [-0.1, -0.05) is 19.9 Å². The van der Waals surface area contributed by atoms with Crippen LogP contribution in [0.5, 0.6) is 0 Å². The van der Waals surface area contributed by atoms with Crippen LogP contribution in [0.4, 0.5) is 0 Å². The van der Waals surface area contributed by atoms with E-state index in [2.05, 4.69) is 25.8 Å². The number of rotatable bonds is 2. The van der Waals surface area contributed by atoms with E-state index in [1.807, 2.05) is 6.08 Å². The molecule has 2 heteroatoms. The first-order chi connectivity index (χ1) is 7.03. The van der Waals surface area contributed by atoms with Gasteiger partial charge in [0.15, 0.2) is 0 Å². The number of hydrogen-bond donors (Lipinski definition) is 1. The summed E-state index contributed by atoms with van der Waals surface area (Å²) in [5.74, 6) is 0. The van der Waals surface area contributed by atoms with Crippen molar-refractivity contribution in [3.8, 4) is 0 Å². The van der Waals surface area contributed by atoms with Gasteiger partial charge < -0.3 is 5.11 Å². The minimum atomic E-state index is -0.265. The summed E-state index contributed by atoms with van der Waals surface area (Å²) in [5.41, 5.74) is 2.77. The molecule has 1 aromatic rings. The van der Waals surface area contributed by atoms with E-state index in [4.69, 9.17) is 0 Å². The van der Waals surface area contributed by atoms with Crippen molar-refractivity contribution in [2.75, 3.05) is 0 Å². The fraction of sp³-hybridized carbons (Fsp3) is 0.538. The molecule has 1 aliphatic rings. The van der Waals surface area contributed by atoms with Gasteiger partial charge in [0.1, 0.15) is 0 Å². The Morgan fingerprint density at radius 1 is 1.67 bits per heavy atom. The van der Waals surface area contributed by atoms with Gasteiger partial charge >= 0.3 is 0 Å². The van der Waals surface area contributed by atoms with Crippen LogP contribution in [-0.4, -0.2) is 5.11 Å². The van der Waals surface area contributed by atoms with Crippen LogP contribution in [0, 0.1) is 5.41 Å². The lowest BCUT2D eigenvalue weighted by Gasteiger charge is -2.33. The molecule has 1 atom stereocenters. The Morgan fingerprint density at radius 3 is 3.07 bits per heavy atom. The van der Waals surface area contributed by atoms with Crippen molar-refractivity contribution in [2.45, 2.75) is 39.2 Å². The monoisotopic (exact) mass is 222 g/mol. The lowest BCUT2D eigenvalue weighted by molar-refractivity contribution is 0.100. The molecule has 1 unspecified atom stereocenters. The fourth-order valence-electron chi connectivity index (χ4n) is 2.40. The maximum Gasteiger partial charge on any atom is 0.0806 e. The van der Waals surface area contributed by atoms with E-state index in [0.717, 1.165) is 24.8 Å². The van der Waals surface area contributed by atoms with Crippen LogP contribution in [0.15, 0.2) is 18.0 Å². The highest BCUT2D eigenvalue weighted by atomic mass is 32.1. The molecule has 0 amide bonds. The minimum Gasteiger partial charge on any atom is -0.388 e. The Morgan fingerprint density at radius 2 is 2.40 bits per heavy atom. The maximum atomic E-state index is 10.1. The van der Waals surface area contributed by atoms with E-state index in [-0.39, 0.29) is 11.5 Å². The van der Waals surface area contributed by atoms with E-state index >= 15 is 0 Å². The van der Waals surface area contributed by atoms with Crippen molar-refractivity contribution < 1.29 is 5.11 Å². The maximum absolute atomic E-state index is 10.1. The number of hydrogen-bond acceptors (Lipinski definition) is 2. The van der Waals surface area contributed by atoms with Crippen LogP contribution in [0.25, 0.3) is 0 Å². The van der Waals surface area contributed by atoms with Gasteiger partial charge in [-0.2, -0.15) is 0 Å². The first kappa shape index (κ1) is 10.9. The summed E-state index contributed by atoms with van der Waals surface area (Å²) in [4.78, 5) is 1.38. The lowest BCUT2D eigenvalue weighted by Crippen LogP contribution is -2.25. The Kier molecular flexibility index (Phi) is 2.73. The Hall–Kier alpha value is -0.600. The molecule has 0 saturated carbocycles. The Balaban J connectivity index is 2.40. The molecule has 0 bridgehead atoms. The van der Waals surface area contributed by atoms with Gasteiger partial charge in [0, 0.05) is 4.88 Å². The van der Waals surface area contributed by atoms with Crippen molar-refractivity contribution in [3.05, 3.63) is 34.0 Å². The average molecular weight is 222 g/mol. The third-order valence-electron chi connectivity index (χ3n) is 3.10. The van der Waals surface area contributed by atoms with Gasteiger partial charge in [-0.05, 0) is 41.2 Å². The van der Waals surface area contributed by atoms with Gasteiger partial charge in [-0.3, -0.25) is 0 Å². The van der Waals surface area contributed by atoms with Gasteiger partial charge in [-0.15, -0.1) is 17.9 Å².